The number of phenolic OH excluding ortho intramolecular Hbond substituents is 1. The Morgan fingerprint density at radius 1 is 1.28 bits per heavy atom. The highest BCUT2D eigenvalue weighted by molar-refractivity contribution is 5.67. The fourth-order valence-corrected chi connectivity index (χ4v) is 2.65. The second-order valence-corrected chi connectivity index (χ2v) is 6.17. The molecule has 25 heavy (non-hydrogen) atoms. The molecular weight excluding hydrogens is 318 g/mol. The second-order valence-electron chi connectivity index (χ2n) is 6.17. The van der Waals surface area contributed by atoms with E-state index in [0.717, 1.165) is 35.3 Å². The first-order chi connectivity index (χ1) is 12.0. The minimum Gasteiger partial charge on any atom is -0.504 e. The molecule has 1 aromatic rings. The van der Waals surface area contributed by atoms with E-state index in [4.69, 9.17) is 9.72 Å². The maximum absolute atomic E-state index is 9.99. The van der Waals surface area contributed by atoms with E-state index in [-0.39, 0.29) is 11.7 Å². The summed E-state index contributed by atoms with van der Waals surface area (Å²) in [7, 11) is 1.53. The van der Waals surface area contributed by atoms with Gasteiger partial charge in [-0.1, -0.05) is 19.9 Å². The molecule has 7 heteroatoms. The number of nitrogens with one attached hydrogen (secondary N) is 1. The molecular formula is C18H23N5O2. The number of hydrogen-bond acceptors (Lipinski definition) is 6. The van der Waals surface area contributed by atoms with Crippen LogP contribution in [0.5, 0.6) is 11.5 Å². The zero-order valence-corrected chi connectivity index (χ0v) is 14.9. The van der Waals surface area contributed by atoms with Gasteiger partial charge in [0.25, 0.3) is 0 Å². The molecule has 2 heterocycles. The molecule has 0 spiro atoms. The van der Waals surface area contributed by atoms with E-state index in [1.54, 1.807) is 18.5 Å². The van der Waals surface area contributed by atoms with Gasteiger partial charge in [-0.15, -0.1) is 0 Å². The van der Waals surface area contributed by atoms with Gasteiger partial charge in [0.2, 0.25) is 0 Å². The smallest absolute Gasteiger partial charge is 0.166 e. The van der Waals surface area contributed by atoms with E-state index in [9.17, 15) is 5.11 Å². The number of nitrogens with zero attached hydrogens (tertiary/aromatic N) is 4. The molecule has 0 saturated carbocycles. The quantitative estimate of drug-likeness (QED) is 0.717. The number of phenols is 1. The van der Waals surface area contributed by atoms with E-state index < -0.39 is 0 Å². The molecule has 0 atom stereocenters. The summed E-state index contributed by atoms with van der Waals surface area (Å²) in [5.41, 5.74) is 1.70. The number of ether oxygens (including phenoxy) is 1. The molecule has 2 aliphatic rings. The molecule has 0 saturated heterocycles. The maximum atomic E-state index is 9.99. The number of aromatic hydroxyl groups is 1. The lowest BCUT2D eigenvalue weighted by Gasteiger charge is -2.14. The van der Waals surface area contributed by atoms with E-state index >= 15 is 0 Å². The van der Waals surface area contributed by atoms with Crippen LogP contribution >= 0.6 is 0 Å². The predicted octanol–water partition coefficient (Wildman–Crippen LogP) is 3.10. The van der Waals surface area contributed by atoms with Gasteiger partial charge < -0.3 is 19.7 Å². The zero-order chi connectivity index (χ0) is 18.0. The van der Waals surface area contributed by atoms with Gasteiger partial charge in [0, 0.05) is 12.5 Å². The Morgan fingerprint density at radius 3 is 2.72 bits per heavy atom. The topological polar surface area (TPSA) is 85.1 Å². The SMILES string of the molecule is CCNc1ncn(Cc2ccc(OC)c(O)c2)c2nc(C(C)C)nc1-2. The third kappa shape index (κ3) is 3.35. The average Bonchev–Trinajstić information content (AvgIpc) is 3.04. The van der Waals surface area contributed by atoms with Crippen molar-refractivity contribution in [2.45, 2.75) is 33.2 Å². The first-order valence-electron chi connectivity index (χ1n) is 8.36. The molecule has 132 valence electrons. The Bertz CT molecular complexity index is 844. The highest BCUT2D eigenvalue weighted by Gasteiger charge is 2.21. The van der Waals surface area contributed by atoms with Crippen molar-refractivity contribution < 1.29 is 9.84 Å². The first-order valence-corrected chi connectivity index (χ1v) is 8.36. The van der Waals surface area contributed by atoms with Crippen LogP contribution in [0.25, 0.3) is 11.5 Å². The highest BCUT2D eigenvalue weighted by Crippen LogP contribution is 2.30. The maximum Gasteiger partial charge on any atom is 0.166 e. The number of hydrogen-bond donors (Lipinski definition) is 2. The largest absolute Gasteiger partial charge is 0.504 e. The van der Waals surface area contributed by atoms with Crippen molar-refractivity contribution in [3.63, 3.8) is 0 Å². The summed E-state index contributed by atoms with van der Waals surface area (Å²) in [5.74, 6) is 3.13. The molecule has 0 unspecified atom stereocenters. The van der Waals surface area contributed by atoms with Gasteiger partial charge >= 0.3 is 0 Å². The van der Waals surface area contributed by atoms with Crippen LogP contribution in [0.15, 0.2) is 24.5 Å². The molecule has 0 bridgehead atoms. The Balaban J connectivity index is 2.01. The van der Waals surface area contributed by atoms with Crippen LogP contribution in [0.3, 0.4) is 0 Å². The molecule has 0 radical (unpaired) electrons. The van der Waals surface area contributed by atoms with Crippen LogP contribution in [0.4, 0.5) is 5.82 Å². The minimum absolute atomic E-state index is 0.116. The van der Waals surface area contributed by atoms with E-state index in [1.807, 2.05) is 17.6 Å². The van der Waals surface area contributed by atoms with Crippen LogP contribution in [0, 0.1) is 0 Å². The Kier molecular flexibility index (Phi) is 4.74. The Labute approximate surface area is 147 Å². The summed E-state index contributed by atoms with van der Waals surface area (Å²) in [6, 6.07) is 5.35. The molecule has 0 aliphatic carbocycles. The molecule has 1 aromatic carbocycles. The van der Waals surface area contributed by atoms with Gasteiger partial charge in [-0.25, -0.2) is 15.0 Å². The number of anilines is 1. The average molecular weight is 341 g/mol. The van der Waals surface area contributed by atoms with Crippen LogP contribution in [-0.2, 0) is 6.54 Å². The van der Waals surface area contributed by atoms with Gasteiger partial charge in [0.1, 0.15) is 5.82 Å². The fraction of sp³-hybridized carbons (Fsp3) is 0.389. The summed E-state index contributed by atoms with van der Waals surface area (Å²) >= 11 is 0. The summed E-state index contributed by atoms with van der Waals surface area (Å²) in [4.78, 5) is 13.8. The van der Waals surface area contributed by atoms with Crippen molar-refractivity contribution in [2.75, 3.05) is 19.0 Å². The van der Waals surface area contributed by atoms with E-state index in [1.165, 1.54) is 7.11 Å². The predicted molar refractivity (Wildman–Crippen MR) is 96.5 cm³/mol. The van der Waals surface area contributed by atoms with Crippen molar-refractivity contribution in [3.05, 3.63) is 35.9 Å². The third-order valence-corrected chi connectivity index (χ3v) is 3.94. The standard InChI is InChI=1S/C18H23N5O2/c1-5-19-17-15-18(22-16(21-15)11(2)3)23(10-20-17)9-12-6-7-14(25-4)13(24)8-12/h6-8,10-11,19,24H,5,9H2,1-4H3. The number of fused-ring (bicyclic) bond motifs is 1. The van der Waals surface area contributed by atoms with Crippen LogP contribution in [0.1, 0.15) is 38.1 Å². The number of benzene rings is 1. The first kappa shape index (κ1) is 17.0. The van der Waals surface area contributed by atoms with Crippen molar-refractivity contribution >= 4 is 5.82 Å². The molecule has 3 rings (SSSR count). The van der Waals surface area contributed by atoms with Gasteiger partial charge in [0.15, 0.2) is 28.8 Å². The van der Waals surface area contributed by atoms with Gasteiger partial charge in [-0.2, -0.15) is 0 Å². The van der Waals surface area contributed by atoms with Crippen LogP contribution < -0.4 is 10.1 Å². The Morgan fingerprint density at radius 2 is 2.08 bits per heavy atom. The molecule has 0 aromatic heterocycles. The highest BCUT2D eigenvalue weighted by atomic mass is 16.5. The summed E-state index contributed by atoms with van der Waals surface area (Å²) in [5, 5.41) is 13.2. The van der Waals surface area contributed by atoms with Gasteiger partial charge in [-0.05, 0) is 24.6 Å². The molecule has 2 N–H and O–H groups in total. The lowest BCUT2D eigenvalue weighted by atomic mass is 10.2. The van der Waals surface area contributed by atoms with Gasteiger partial charge in [0.05, 0.1) is 20.0 Å². The minimum atomic E-state index is 0.116. The molecule has 0 amide bonds. The number of imidazole rings is 1. The second kappa shape index (κ2) is 6.96. The zero-order valence-electron chi connectivity index (χ0n) is 14.9. The van der Waals surface area contributed by atoms with Gasteiger partial charge in [-0.3, -0.25) is 0 Å². The fourth-order valence-electron chi connectivity index (χ4n) is 2.65. The van der Waals surface area contributed by atoms with Crippen molar-refractivity contribution in [2.24, 2.45) is 0 Å². The lowest BCUT2D eigenvalue weighted by Crippen LogP contribution is -2.10. The van der Waals surface area contributed by atoms with Crippen molar-refractivity contribution in [1.82, 2.24) is 19.5 Å². The normalized spacial score (nSPS) is 11.2. The summed E-state index contributed by atoms with van der Waals surface area (Å²) < 4.78 is 7.03. The van der Waals surface area contributed by atoms with Crippen LogP contribution in [0.2, 0.25) is 0 Å². The lowest BCUT2D eigenvalue weighted by molar-refractivity contribution is 0.373. The van der Waals surface area contributed by atoms with E-state index in [2.05, 4.69) is 29.1 Å². The summed E-state index contributed by atoms with van der Waals surface area (Å²) in [6.45, 7) is 7.46. The summed E-state index contributed by atoms with van der Waals surface area (Å²) in [6.07, 6.45) is 1.75. The molecule has 0 fully saturated rings. The number of aromatic nitrogens is 4. The third-order valence-electron chi connectivity index (χ3n) is 3.94. The van der Waals surface area contributed by atoms with E-state index in [0.29, 0.717) is 12.3 Å². The van der Waals surface area contributed by atoms with Crippen LogP contribution in [-0.4, -0.2) is 38.3 Å². The monoisotopic (exact) mass is 341 g/mol. The molecule has 2 aliphatic heterocycles. The van der Waals surface area contributed by atoms with Crippen molar-refractivity contribution in [3.8, 4) is 23.0 Å². The number of methoxy groups -OCH3 is 1. The molecule has 7 nitrogen and oxygen atoms in total. The Hall–Kier alpha value is -2.83. The number of rotatable bonds is 6. The van der Waals surface area contributed by atoms with Crippen molar-refractivity contribution in [1.29, 1.82) is 0 Å².